The molecule has 1 unspecified atom stereocenters. The second-order valence-electron chi connectivity index (χ2n) is 7.29. The van der Waals surface area contributed by atoms with E-state index >= 15 is 0 Å². The number of aromatic nitrogens is 1. The second-order valence-corrected chi connectivity index (χ2v) is 7.68. The average Bonchev–Trinajstić information content (AvgIpc) is 2.71. The zero-order chi connectivity index (χ0) is 17.3. The molecule has 5 nitrogen and oxygen atoms in total. The topological polar surface area (TPSA) is 51.7 Å². The maximum atomic E-state index is 12.5. The summed E-state index contributed by atoms with van der Waals surface area (Å²) in [4.78, 5) is 18.3. The maximum absolute atomic E-state index is 12.5. The summed E-state index contributed by atoms with van der Waals surface area (Å²) in [6.45, 7) is 9.88. The molecule has 2 heterocycles. The zero-order valence-electron chi connectivity index (χ0n) is 14.4. The van der Waals surface area contributed by atoms with Crippen molar-refractivity contribution in [3.63, 3.8) is 0 Å². The molecule has 0 aromatic carbocycles. The first-order valence-corrected chi connectivity index (χ1v) is 8.23. The van der Waals surface area contributed by atoms with Crippen LogP contribution in [0.3, 0.4) is 0 Å². The van der Waals surface area contributed by atoms with E-state index in [9.17, 15) is 4.79 Å². The van der Waals surface area contributed by atoms with E-state index in [-0.39, 0.29) is 12.1 Å². The van der Waals surface area contributed by atoms with Gasteiger partial charge in [0.05, 0.1) is 12.6 Å². The second kappa shape index (κ2) is 6.65. The minimum Gasteiger partial charge on any atom is -0.444 e. The van der Waals surface area contributed by atoms with Crippen LogP contribution in [0.1, 0.15) is 46.6 Å². The molecule has 0 aliphatic carbocycles. The quantitative estimate of drug-likeness (QED) is 0.779. The van der Waals surface area contributed by atoms with E-state index < -0.39 is 11.3 Å². The van der Waals surface area contributed by atoms with Gasteiger partial charge in [0.15, 0.2) is 0 Å². The molecule has 1 fully saturated rings. The molecule has 0 N–H and O–H groups in total. The highest BCUT2D eigenvalue weighted by Gasteiger charge is 2.45. The fourth-order valence-electron chi connectivity index (χ4n) is 2.66. The number of hydrogen-bond donors (Lipinski definition) is 0. The lowest BCUT2D eigenvalue weighted by Gasteiger charge is -2.35. The van der Waals surface area contributed by atoms with Gasteiger partial charge in [0, 0.05) is 6.20 Å². The zero-order valence-corrected chi connectivity index (χ0v) is 15.2. The van der Waals surface area contributed by atoms with E-state index in [1.54, 1.807) is 17.2 Å². The van der Waals surface area contributed by atoms with Crippen LogP contribution < -0.4 is 0 Å². The first-order valence-electron chi connectivity index (χ1n) is 7.85. The van der Waals surface area contributed by atoms with Crippen LogP contribution >= 0.6 is 11.6 Å². The van der Waals surface area contributed by atoms with Crippen LogP contribution in [0.5, 0.6) is 0 Å². The largest absolute Gasteiger partial charge is 0.444 e. The Balaban J connectivity index is 2.04. The Morgan fingerprint density at radius 1 is 1.48 bits per heavy atom. The van der Waals surface area contributed by atoms with E-state index in [2.05, 4.69) is 4.98 Å². The van der Waals surface area contributed by atoms with Crippen LogP contribution in [0.2, 0.25) is 5.15 Å². The molecule has 1 aromatic heterocycles. The van der Waals surface area contributed by atoms with Crippen LogP contribution in [-0.2, 0) is 15.9 Å². The predicted octanol–water partition coefficient (Wildman–Crippen LogP) is 4.04. The van der Waals surface area contributed by atoms with E-state index in [0.29, 0.717) is 11.8 Å². The van der Waals surface area contributed by atoms with Gasteiger partial charge in [0.1, 0.15) is 16.5 Å². The summed E-state index contributed by atoms with van der Waals surface area (Å²) in [7, 11) is 0. The van der Waals surface area contributed by atoms with Gasteiger partial charge < -0.3 is 9.47 Å². The minimum absolute atomic E-state index is 0.0180. The van der Waals surface area contributed by atoms with Crippen LogP contribution in [0.4, 0.5) is 4.79 Å². The van der Waals surface area contributed by atoms with Crippen LogP contribution in [-0.4, -0.2) is 40.0 Å². The van der Waals surface area contributed by atoms with E-state index in [4.69, 9.17) is 21.1 Å². The van der Waals surface area contributed by atoms with Crippen molar-refractivity contribution in [3.8, 4) is 0 Å². The summed E-state index contributed by atoms with van der Waals surface area (Å²) in [5, 5.41) is 0.481. The fraction of sp³-hybridized carbons (Fsp3) is 0.647. The Kier molecular flexibility index (Phi) is 5.21. The monoisotopic (exact) mass is 340 g/mol. The van der Waals surface area contributed by atoms with Gasteiger partial charge in [-0.3, -0.25) is 4.90 Å². The standard InChI is InChI=1S/C17H25ClN2O3/c1-16(2,3)23-15(21)20-13(11-22-17(20,4)5)8-6-12-7-9-14(18)19-10-12/h7,9-10,13H,6,8,11H2,1-5H3. The molecular formula is C17H25ClN2O3. The van der Waals surface area contributed by atoms with Gasteiger partial charge in [-0.05, 0) is 59.1 Å². The minimum atomic E-state index is -0.661. The number of ether oxygens (including phenoxy) is 2. The third kappa shape index (κ3) is 4.82. The van der Waals surface area contributed by atoms with E-state index in [1.165, 1.54) is 0 Å². The SMILES string of the molecule is CC(C)(C)OC(=O)N1C(CCc2ccc(Cl)nc2)COC1(C)C. The third-order valence-corrected chi connectivity index (χ3v) is 3.94. The molecule has 128 valence electrons. The summed E-state index contributed by atoms with van der Waals surface area (Å²) in [5.41, 5.74) is -0.103. The number of rotatable bonds is 3. The van der Waals surface area contributed by atoms with Gasteiger partial charge in [-0.2, -0.15) is 0 Å². The molecule has 6 heteroatoms. The first kappa shape index (κ1) is 18.0. The van der Waals surface area contributed by atoms with Gasteiger partial charge in [-0.25, -0.2) is 9.78 Å². The average molecular weight is 341 g/mol. The van der Waals surface area contributed by atoms with Crippen molar-refractivity contribution in [3.05, 3.63) is 29.0 Å². The van der Waals surface area contributed by atoms with Crippen molar-refractivity contribution in [2.75, 3.05) is 6.61 Å². The Labute approximate surface area is 142 Å². The number of hydrogen-bond acceptors (Lipinski definition) is 4. The summed E-state index contributed by atoms with van der Waals surface area (Å²) in [6.07, 6.45) is 3.01. The fourth-order valence-corrected chi connectivity index (χ4v) is 2.78. The normalized spacial score (nSPS) is 20.6. The lowest BCUT2D eigenvalue weighted by Crippen LogP contribution is -2.49. The number of nitrogens with zero attached hydrogens (tertiary/aromatic N) is 2. The molecular weight excluding hydrogens is 316 g/mol. The molecule has 0 spiro atoms. The number of amides is 1. The lowest BCUT2D eigenvalue weighted by atomic mass is 10.1. The van der Waals surface area contributed by atoms with Crippen molar-refractivity contribution in [2.45, 2.75) is 64.8 Å². The summed E-state index contributed by atoms with van der Waals surface area (Å²) in [5.74, 6) is 0. The summed E-state index contributed by atoms with van der Waals surface area (Å²) >= 11 is 5.80. The molecule has 2 rings (SSSR count). The molecule has 1 atom stereocenters. The summed E-state index contributed by atoms with van der Waals surface area (Å²) < 4.78 is 11.3. The van der Waals surface area contributed by atoms with Gasteiger partial charge in [-0.1, -0.05) is 17.7 Å². The van der Waals surface area contributed by atoms with E-state index in [1.807, 2.05) is 40.7 Å². The van der Waals surface area contributed by atoms with Crippen LogP contribution in [0.25, 0.3) is 0 Å². The molecule has 1 aromatic rings. The van der Waals surface area contributed by atoms with Gasteiger partial charge in [0.25, 0.3) is 0 Å². The van der Waals surface area contributed by atoms with Crippen LogP contribution in [0.15, 0.2) is 18.3 Å². The van der Waals surface area contributed by atoms with Crippen molar-refractivity contribution in [2.24, 2.45) is 0 Å². The smallest absolute Gasteiger partial charge is 0.412 e. The predicted molar refractivity (Wildman–Crippen MR) is 89.5 cm³/mol. The van der Waals surface area contributed by atoms with Crippen LogP contribution in [0, 0.1) is 0 Å². The third-order valence-electron chi connectivity index (χ3n) is 3.72. The number of carbonyl (C=O) groups excluding carboxylic acids is 1. The Morgan fingerprint density at radius 2 is 2.17 bits per heavy atom. The number of aryl methyl sites for hydroxylation is 1. The van der Waals surface area contributed by atoms with Gasteiger partial charge in [-0.15, -0.1) is 0 Å². The van der Waals surface area contributed by atoms with Gasteiger partial charge in [0.2, 0.25) is 0 Å². The molecule has 0 radical (unpaired) electrons. The molecule has 1 aliphatic heterocycles. The highest BCUT2D eigenvalue weighted by atomic mass is 35.5. The highest BCUT2D eigenvalue weighted by molar-refractivity contribution is 6.29. The van der Waals surface area contributed by atoms with Crippen molar-refractivity contribution < 1.29 is 14.3 Å². The van der Waals surface area contributed by atoms with E-state index in [0.717, 1.165) is 18.4 Å². The molecule has 1 amide bonds. The molecule has 1 aliphatic rings. The Hall–Kier alpha value is -1.33. The van der Waals surface area contributed by atoms with Gasteiger partial charge >= 0.3 is 6.09 Å². The molecule has 0 saturated carbocycles. The first-order chi connectivity index (χ1) is 10.6. The molecule has 23 heavy (non-hydrogen) atoms. The Bertz CT molecular complexity index is 552. The molecule has 0 bridgehead atoms. The number of pyridine rings is 1. The lowest BCUT2D eigenvalue weighted by molar-refractivity contribution is -0.0626. The summed E-state index contributed by atoms with van der Waals surface area (Å²) in [6, 6.07) is 3.71. The number of halogens is 1. The van der Waals surface area contributed by atoms with Crippen molar-refractivity contribution in [1.29, 1.82) is 0 Å². The Morgan fingerprint density at radius 3 is 2.74 bits per heavy atom. The number of carbonyl (C=O) groups is 1. The molecule has 1 saturated heterocycles. The van der Waals surface area contributed by atoms with Crippen molar-refractivity contribution >= 4 is 17.7 Å². The highest BCUT2D eigenvalue weighted by Crippen LogP contribution is 2.31. The van der Waals surface area contributed by atoms with Crippen molar-refractivity contribution in [1.82, 2.24) is 9.88 Å². The maximum Gasteiger partial charge on any atom is 0.412 e.